The van der Waals surface area contributed by atoms with Gasteiger partial charge in [-0.2, -0.15) is 0 Å². The van der Waals surface area contributed by atoms with Crippen molar-refractivity contribution in [3.63, 3.8) is 0 Å². The van der Waals surface area contributed by atoms with Crippen molar-refractivity contribution >= 4 is 23.2 Å². The molecule has 1 aliphatic carbocycles. The van der Waals surface area contributed by atoms with Gasteiger partial charge in [0.1, 0.15) is 12.6 Å². The Morgan fingerprint density at radius 2 is 2.17 bits per heavy atom. The highest BCUT2D eigenvalue weighted by molar-refractivity contribution is 6.10. The van der Waals surface area contributed by atoms with Crippen LogP contribution in [0.1, 0.15) is 46.0 Å². The number of fused-ring (bicyclic) bond motifs is 1. The summed E-state index contributed by atoms with van der Waals surface area (Å²) in [4.78, 5) is 26.5. The minimum absolute atomic E-state index is 0.0524. The number of anilines is 2. The molecule has 1 saturated carbocycles. The third kappa shape index (κ3) is 3.61. The van der Waals surface area contributed by atoms with Crippen molar-refractivity contribution in [3.05, 3.63) is 24.3 Å². The van der Waals surface area contributed by atoms with Gasteiger partial charge in [0.05, 0.1) is 17.5 Å². The second kappa shape index (κ2) is 7.34. The molecule has 1 aromatic carbocycles. The van der Waals surface area contributed by atoms with Gasteiger partial charge in [0.25, 0.3) is 5.91 Å². The monoisotopic (exact) mass is 330 g/mol. The summed E-state index contributed by atoms with van der Waals surface area (Å²) in [5.41, 5.74) is 1.43. The molecule has 130 valence electrons. The Morgan fingerprint density at radius 1 is 1.38 bits per heavy atom. The Kier molecular flexibility index (Phi) is 5.19. The summed E-state index contributed by atoms with van der Waals surface area (Å²) in [6.07, 6.45) is 4.71. The molecule has 5 nitrogen and oxygen atoms in total. The molecule has 1 aromatic rings. The Hall–Kier alpha value is -1.88. The number of para-hydroxylation sites is 2. The summed E-state index contributed by atoms with van der Waals surface area (Å²) in [7, 11) is 0. The van der Waals surface area contributed by atoms with E-state index in [1.165, 1.54) is 6.42 Å². The van der Waals surface area contributed by atoms with Crippen LogP contribution >= 0.6 is 0 Å². The Morgan fingerprint density at radius 3 is 2.92 bits per heavy atom. The van der Waals surface area contributed by atoms with Gasteiger partial charge in [-0.3, -0.25) is 14.5 Å². The first-order valence-electron chi connectivity index (χ1n) is 8.94. The van der Waals surface area contributed by atoms with Crippen molar-refractivity contribution in [2.75, 3.05) is 16.8 Å². The maximum absolute atomic E-state index is 13.0. The molecule has 0 aromatic heterocycles. The summed E-state index contributed by atoms with van der Waals surface area (Å²) >= 11 is 0. The lowest BCUT2D eigenvalue weighted by Gasteiger charge is -2.34. The van der Waals surface area contributed by atoms with Crippen LogP contribution in [0.5, 0.6) is 0 Å². The lowest BCUT2D eigenvalue weighted by atomic mass is 9.88. The van der Waals surface area contributed by atoms with Crippen molar-refractivity contribution in [2.24, 2.45) is 5.92 Å². The fourth-order valence-corrected chi connectivity index (χ4v) is 3.67. The number of carbonyl (C=O) groups excluding carboxylic acids is 2. The summed E-state index contributed by atoms with van der Waals surface area (Å²) in [6.45, 7) is 4.25. The van der Waals surface area contributed by atoms with Crippen LogP contribution in [0, 0.1) is 5.92 Å². The average molecular weight is 330 g/mol. The summed E-state index contributed by atoms with van der Waals surface area (Å²) < 4.78 is 6.15. The largest absolute Gasteiger partial charge is 0.365 e. The molecule has 24 heavy (non-hydrogen) atoms. The van der Waals surface area contributed by atoms with E-state index in [-0.39, 0.29) is 24.5 Å². The van der Waals surface area contributed by atoms with Crippen LogP contribution in [-0.2, 0) is 14.3 Å². The zero-order valence-corrected chi connectivity index (χ0v) is 14.5. The van der Waals surface area contributed by atoms with Crippen molar-refractivity contribution in [1.29, 1.82) is 0 Å². The van der Waals surface area contributed by atoms with Crippen LogP contribution in [0.2, 0.25) is 0 Å². The summed E-state index contributed by atoms with van der Waals surface area (Å²) in [6, 6.07) is 7.41. The number of nitrogens with one attached hydrogen (secondary N) is 1. The molecule has 1 N–H and O–H groups in total. The second-order valence-corrected chi connectivity index (χ2v) is 6.92. The van der Waals surface area contributed by atoms with Gasteiger partial charge in [-0.15, -0.1) is 0 Å². The first-order valence-corrected chi connectivity index (χ1v) is 8.94. The lowest BCUT2D eigenvalue weighted by Crippen LogP contribution is -2.48. The highest BCUT2D eigenvalue weighted by Gasteiger charge is 2.33. The van der Waals surface area contributed by atoms with Gasteiger partial charge in [-0.1, -0.05) is 38.8 Å². The van der Waals surface area contributed by atoms with E-state index in [1.54, 1.807) is 4.90 Å². The minimum atomic E-state index is -0.487. The molecule has 0 spiro atoms. The smallest absolute Gasteiger partial charge is 0.256 e. The Bertz CT molecular complexity index is 616. The van der Waals surface area contributed by atoms with E-state index in [1.807, 2.05) is 31.2 Å². The van der Waals surface area contributed by atoms with E-state index in [0.717, 1.165) is 24.9 Å². The van der Waals surface area contributed by atoms with Crippen LogP contribution in [0.4, 0.5) is 11.4 Å². The fraction of sp³-hybridized carbons (Fsp3) is 0.579. The highest BCUT2D eigenvalue weighted by Crippen LogP contribution is 2.31. The molecule has 1 aliphatic heterocycles. The molecule has 0 bridgehead atoms. The number of hydrogen-bond donors (Lipinski definition) is 1. The van der Waals surface area contributed by atoms with Crippen LogP contribution in [0.25, 0.3) is 0 Å². The standard InChI is InChI=1S/C19H26N2O3/c1-3-17(24-14-8-6-7-13(2)11-14)19(23)21-12-18(22)20-15-9-4-5-10-16(15)21/h4-5,9-10,13-14,17H,3,6-8,11-12H2,1-2H3,(H,20,22). The number of amides is 2. The molecule has 3 rings (SSSR count). The van der Waals surface area contributed by atoms with Crippen molar-refractivity contribution in [1.82, 2.24) is 0 Å². The molecule has 0 saturated heterocycles. The van der Waals surface area contributed by atoms with Crippen LogP contribution in [0.15, 0.2) is 24.3 Å². The highest BCUT2D eigenvalue weighted by atomic mass is 16.5. The molecule has 2 aliphatic rings. The van der Waals surface area contributed by atoms with Gasteiger partial charge in [0.15, 0.2) is 0 Å². The van der Waals surface area contributed by atoms with Crippen LogP contribution < -0.4 is 10.2 Å². The van der Waals surface area contributed by atoms with Gasteiger partial charge in [-0.05, 0) is 37.3 Å². The van der Waals surface area contributed by atoms with Crippen molar-refractivity contribution in [3.8, 4) is 0 Å². The normalized spacial score (nSPS) is 24.9. The van der Waals surface area contributed by atoms with E-state index < -0.39 is 6.10 Å². The SMILES string of the molecule is CCC(OC1CCCC(C)C1)C(=O)N1CC(=O)Nc2ccccc21. The summed E-state index contributed by atoms with van der Waals surface area (Å²) in [5, 5.41) is 2.82. The van der Waals surface area contributed by atoms with Gasteiger partial charge in [0.2, 0.25) is 5.91 Å². The third-order valence-electron chi connectivity index (χ3n) is 4.93. The zero-order valence-electron chi connectivity index (χ0n) is 14.5. The minimum Gasteiger partial charge on any atom is -0.365 e. The third-order valence-corrected chi connectivity index (χ3v) is 4.93. The van der Waals surface area contributed by atoms with Gasteiger partial charge in [-0.25, -0.2) is 0 Å². The average Bonchev–Trinajstić information content (AvgIpc) is 2.58. The maximum Gasteiger partial charge on any atom is 0.256 e. The molecule has 3 unspecified atom stereocenters. The predicted octanol–water partition coefficient (Wildman–Crippen LogP) is 3.35. The number of nitrogens with zero attached hydrogens (tertiary/aromatic N) is 1. The Labute approximate surface area is 143 Å². The molecule has 5 heteroatoms. The molecule has 3 atom stereocenters. The number of carbonyl (C=O) groups is 2. The maximum atomic E-state index is 13.0. The van der Waals surface area contributed by atoms with E-state index in [2.05, 4.69) is 12.2 Å². The fourth-order valence-electron chi connectivity index (χ4n) is 3.67. The van der Waals surface area contributed by atoms with E-state index in [0.29, 0.717) is 18.0 Å². The second-order valence-electron chi connectivity index (χ2n) is 6.92. The number of ether oxygens (including phenoxy) is 1. The topological polar surface area (TPSA) is 58.6 Å². The summed E-state index contributed by atoms with van der Waals surface area (Å²) in [5.74, 6) is 0.374. The molecule has 1 fully saturated rings. The lowest BCUT2D eigenvalue weighted by molar-refractivity contribution is -0.137. The van der Waals surface area contributed by atoms with Crippen LogP contribution in [0.3, 0.4) is 0 Å². The van der Waals surface area contributed by atoms with Crippen LogP contribution in [-0.4, -0.2) is 30.6 Å². The quantitative estimate of drug-likeness (QED) is 0.921. The number of hydrogen-bond acceptors (Lipinski definition) is 3. The van der Waals surface area contributed by atoms with E-state index >= 15 is 0 Å². The first-order chi connectivity index (χ1) is 11.6. The molecule has 0 radical (unpaired) electrons. The number of rotatable bonds is 4. The van der Waals surface area contributed by atoms with Gasteiger partial charge < -0.3 is 10.1 Å². The predicted molar refractivity (Wildman–Crippen MR) is 94.0 cm³/mol. The zero-order chi connectivity index (χ0) is 17.1. The Balaban J connectivity index is 1.75. The van der Waals surface area contributed by atoms with Gasteiger partial charge >= 0.3 is 0 Å². The van der Waals surface area contributed by atoms with E-state index in [4.69, 9.17) is 4.74 Å². The van der Waals surface area contributed by atoms with E-state index in [9.17, 15) is 9.59 Å². The first kappa shape index (κ1) is 17.0. The van der Waals surface area contributed by atoms with Crippen molar-refractivity contribution < 1.29 is 14.3 Å². The van der Waals surface area contributed by atoms with Crippen molar-refractivity contribution in [2.45, 2.75) is 58.2 Å². The molecular weight excluding hydrogens is 304 g/mol. The number of benzene rings is 1. The molecular formula is C19H26N2O3. The van der Waals surface area contributed by atoms with Gasteiger partial charge in [0, 0.05) is 0 Å². The molecule has 2 amide bonds. The molecule has 1 heterocycles.